The van der Waals surface area contributed by atoms with E-state index >= 15 is 4.39 Å². The Morgan fingerprint density at radius 2 is 1.92 bits per heavy atom. The lowest BCUT2D eigenvalue weighted by molar-refractivity contribution is -0.139. The molecule has 2 bridgehead atoms. The second kappa shape index (κ2) is 16.5. The Balaban J connectivity index is 1.44. The summed E-state index contributed by atoms with van der Waals surface area (Å²) in [5.41, 5.74) is 4.88. The maximum Gasteiger partial charge on any atom is 0.320 e. The molecule has 0 saturated carbocycles. The molecule has 1 heterocycles. The highest BCUT2D eigenvalue weighted by Crippen LogP contribution is 2.36. The molecule has 3 aromatic carbocycles. The Morgan fingerprint density at radius 1 is 1.10 bits per heavy atom. The predicted molar refractivity (Wildman–Crippen MR) is 184 cm³/mol. The number of rotatable bonds is 6. The van der Waals surface area contributed by atoms with Gasteiger partial charge in [0.2, 0.25) is 0 Å². The van der Waals surface area contributed by atoms with Crippen LogP contribution >= 0.6 is 11.6 Å². The fourth-order valence-electron chi connectivity index (χ4n) is 5.73. The molecule has 1 atom stereocenters. The monoisotopic (exact) mass is 674 g/mol. The van der Waals surface area contributed by atoms with Crippen LogP contribution in [0, 0.1) is 12.7 Å². The first kappa shape index (κ1) is 34.7. The number of fused-ring (bicyclic) bond motifs is 2. The van der Waals surface area contributed by atoms with Crippen molar-refractivity contribution in [2.75, 3.05) is 20.3 Å². The molecule has 1 amide bonds. The van der Waals surface area contributed by atoms with Gasteiger partial charge in [0.1, 0.15) is 30.8 Å². The van der Waals surface area contributed by atoms with E-state index in [1.54, 1.807) is 30.3 Å². The average molecular weight is 675 g/mol. The fourth-order valence-corrected chi connectivity index (χ4v) is 5.97. The summed E-state index contributed by atoms with van der Waals surface area (Å²) in [6.07, 6.45) is 11.0. The van der Waals surface area contributed by atoms with Crippen LogP contribution in [0.5, 0.6) is 17.2 Å². The topological polar surface area (TPSA) is 106 Å². The van der Waals surface area contributed by atoms with Crippen molar-refractivity contribution in [1.82, 2.24) is 10.6 Å². The first-order valence-corrected chi connectivity index (χ1v) is 16.4. The minimum absolute atomic E-state index is 0.153. The van der Waals surface area contributed by atoms with Crippen molar-refractivity contribution in [3.8, 4) is 28.4 Å². The predicted octanol–water partition coefficient (Wildman–Crippen LogP) is 7.47. The van der Waals surface area contributed by atoms with E-state index in [1.165, 1.54) is 7.11 Å². The third-order valence-corrected chi connectivity index (χ3v) is 8.78. The van der Waals surface area contributed by atoms with E-state index < -0.39 is 17.8 Å². The van der Waals surface area contributed by atoms with Gasteiger partial charge in [0.15, 0.2) is 11.6 Å². The highest BCUT2D eigenvalue weighted by atomic mass is 35.5. The highest BCUT2D eigenvalue weighted by Gasteiger charge is 2.20. The molecule has 1 aliphatic carbocycles. The van der Waals surface area contributed by atoms with Crippen molar-refractivity contribution in [3.05, 3.63) is 112 Å². The van der Waals surface area contributed by atoms with E-state index in [9.17, 15) is 14.7 Å². The van der Waals surface area contributed by atoms with Crippen LogP contribution in [0.2, 0.25) is 5.02 Å². The quantitative estimate of drug-likeness (QED) is 0.249. The summed E-state index contributed by atoms with van der Waals surface area (Å²) in [5.74, 6) is -0.550. The van der Waals surface area contributed by atoms with Crippen LogP contribution in [0.3, 0.4) is 0 Å². The van der Waals surface area contributed by atoms with Crippen LogP contribution in [-0.4, -0.2) is 43.3 Å². The maximum absolute atomic E-state index is 15.1. The summed E-state index contributed by atoms with van der Waals surface area (Å²) in [6, 6.07) is 13.3. The van der Waals surface area contributed by atoms with Gasteiger partial charge in [0, 0.05) is 35.9 Å². The van der Waals surface area contributed by atoms with Crippen LogP contribution in [0.15, 0.2) is 84.0 Å². The first-order chi connectivity index (χ1) is 23.2. The number of nitrogens with one attached hydrogen (secondary N) is 2. The molecule has 252 valence electrons. The number of halogens is 2. The third-order valence-electron chi connectivity index (χ3n) is 8.49. The number of methoxy groups -OCH3 is 1. The summed E-state index contributed by atoms with van der Waals surface area (Å²) in [7, 11) is 1.44. The van der Waals surface area contributed by atoms with Gasteiger partial charge in [-0.3, -0.25) is 9.59 Å². The minimum Gasteiger partial charge on any atom is -0.494 e. The van der Waals surface area contributed by atoms with Gasteiger partial charge in [-0.15, -0.1) is 0 Å². The molecule has 0 spiro atoms. The number of aliphatic carboxylic acids is 1. The molecule has 3 aromatic rings. The first-order valence-electron chi connectivity index (χ1n) is 16.1. The van der Waals surface area contributed by atoms with Crippen molar-refractivity contribution < 1.29 is 33.3 Å². The highest BCUT2D eigenvalue weighted by molar-refractivity contribution is 6.32. The van der Waals surface area contributed by atoms with Crippen molar-refractivity contribution in [2.45, 2.75) is 58.2 Å². The molecule has 48 heavy (non-hydrogen) atoms. The van der Waals surface area contributed by atoms with Gasteiger partial charge >= 0.3 is 5.97 Å². The van der Waals surface area contributed by atoms with E-state index in [2.05, 4.69) is 10.6 Å². The lowest BCUT2D eigenvalue weighted by Gasteiger charge is -2.20. The fraction of sp³-hybridized carbons (Fsp3) is 0.316. The molecular weight excluding hydrogens is 635 g/mol. The number of hydrogen-bond acceptors (Lipinski definition) is 6. The molecule has 0 aromatic heterocycles. The van der Waals surface area contributed by atoms with Crippen LogP contribution < -0.4 is 24.8 Å². The minimum atomic E-state index is -0.956. The number of allylic oxidation sites excluding steroid dienone is 2. The molecule has 1 aliphatic heterocycles. The number of carboxylic acid groups (broad SMARTS) is 1. The van der Waals surface area contributed by atoms with Gasteiger partial charge in [-0.05, 0) is 79.5 Å². The zero-order valence-corrected chi connectivity index (χ0v) is 27.9. The number of benzene rings is 3. The number of carboxylic acids is 1. The zero-order valence-electron chi connectivity index (χ0n) is 27.1. The van der Waals surface area contributed by atoms with Gasteiger partial charge in [0.25, 0.3) is 5.91 Å². The van der Waals surface area contributed by atoms with Crippen molar-refractivity contribution in [2.24, 2.45) is 0 Å². The van der Waals surface area contributed by atoms with Crippen LogP contribution in [0.4, 0.5) is 4.39 Å². The van der Waals surface area contributed by atoms with Crippen molar-refractivity contribution >= 4 is 23.5 Å². The van der Waals surface area contributed by atoms with E-state index in [0.717, 1.165) is 35.1 Å². The van der Waals surface area contributed by atoms with Crippen molar-refractivity contribution in [3.63, 3.8) is 0 Å². The molecule has 10 heteroatoms. The number of hydrogen-bond donors (Lipinski definition) is 3. The molecule has 1 unspecified atom stereocenters. The molecule has 3 N–H and O–H groups in total. The molecule has 0 radical (unpaired) electrons. The second-order valence-corrected chi connectivity index (χ2v) is 12.2. The molecule has 8 nitrogen and oxygen atoms in total. The third kappa shape index (κ3) is 8.65. The Bertz CT molecular complexity index is 1750. The average Bonchev–Trinajstić information content (AvgIpc) is 3.05. The summed E-state index contributed by atoms with van der Waals surface area (Å²) in [6.45, 7) is 2.89. The molecular formula is C38H40ClFN2O6. The lowest BCUT2D eigenvalue weighted by Crippen LogP contribution is -2.36. The standard InChI is InChI=1S/C38H40ClFN2O6/c1-24-27(12-8-13-29(24)30-14-9-16-33(46-2)36(30)40)23-48-35-20-34-28(19-31(35)39)21-42-32(38(44)45)15-6-7-17-41-37(43)26-11-5-3-4-10-25(18-26)22-47-34/h4,8-14,16,18-20,32,42H,3,5-7,15,17,21-23H2,1-2H3,(H,41,43)(H,44,45)/b10-4-,25-18?,26-11?. The van der Waals surface area contributed by atoms with E-state index in [-0.39, 0.29) is 31.4 Å². The van der Waals surface area contributed by atoms with Crippen molar-refractivity contribution in [1.29, 1.82) is 0 Å². The zero-order chi connectivity index (χ0) is 34.0. The Hall–Kier alpha value is -4.60. The Morgan fingerprint density at radius 3 is 2.73 bits per heavy atom. The molecule has 2 aliphatic rings. The number of amides is 1. The summed E-state index contributed by atoms with van der Waals surface area (Å²) in [4.78, 5) is 25.0. The SMILES string of the molecule is COc1cccc(-c2cccc(COc3cc4c(cc3Cl)CNC(C(=O)O)CCCCNC(=O)C3=CCC/C=C\C(=C3)CO4)c2C)c1F. The lowest BCUT2D eigenvalue weighted by atomic mass is 9.96. The Kier molecular flexibility index (Phi) is 11.9. The van der Waals surface area contributed by atoms with Crippen LogP contribution in [-0.2, 0) is 22.7 Å². The smallest absolute Gasteiger partial charge is 0.320 e. The largest absolute Gasteiger partial charge is 0.494 e. The van der Waals surface area contributed by atoms with Gasteiger partial charge in [-0.2, -0.15) is 0 Å². The molecule has 0 saturated heterocycles. The summed E-state index contributed by atoms with van der Waals surface area (Å²) >= 11 is 6.74. The van der Waals surface area contributed by atoms with E-state index in [0.29, 0.717) is 59.0 Å². The number of ether oxygens (including phenoxy) is 3. The van der Waals surface area contributed by atoms with Gasteiger partial charge in [0.05, 0.1) is 12.1 Å². The number of carbonyl (C=O) groups is 2. The maximum atomic E-state index is 15.1. The summed E-state index contributed by atoms with van der Waals surface area (Å²) in [5, 5.41) is 16.3. The van der Waals surface area contributed by atoms with Gasteiger partial charge in [-0.25, -0.2) is 4.39 Å². The van der Waals surface area contributed by atoms with E-state index in [1.807, 2.05) is 49.4 Å². The number of carbonyl (C=O) groups excluding carboxylic acids is 1. The van der Waals surface area contributed by atoms with Gasteiger partial charge < -0.3 is 30.0 Å². The molecule has 0 fully saturated rings. The van der Waals surface area contributed by atoms with Gasteiger partial charge in [-0.1, -0.05) is 60.2 Å². The normalized spacial score (nSPS) is 18.1. The van der Waals surface area contributed by atoms with E-state index in [4.69, 9.17) is 25.8 Å². The second-order valence-electron chi connectivity index (χ2n) is 11.8. The Labute approximate surface area is 285 Å². The van der Waals surface area contributed by atoms with Crippen LogP contribution in [0.25, 0.3) is 11.1 Å². The van der Waals surface area contributed by atoms with Crippen LogP contribution in [0.1, 0.15) is 48.8 Å². The molecule has 5 rings (SSSR count). The summed E-state index contributed by atoms with van der Waals surface area (Å²) < 4.78 is 32.9.